The number of rotatable bonds is 0. The van der Waals surface area contributed by atoms with E-state index < -0.39 is 0 Å². The Labute approximate surface area is 143 Å². The van der Waals surface area contributed by atoms with Crippen LogP contribution in [-0.4, -0.2) is 4.57 Å². The summed E-state index contributed by atoms with van der Waals surface area (Å²) in [5, 5.41) is 3.18. The molecule has 0 amide bonds. The molecular weight excluding hydrogens is 314 g/mol. The molecule has 0 bridgehead atoms. The van der Waals surface area contributed by atoms with Gasteiger partial charge in [-0.3, -0.25) is 0 Å². The van der Waals surface area contributed by atoms with Gasteiger partial charge in [-0.1, -0.05) is 30.3 Å². The number of fused-ring (bicyclic) bond motifs is 7. The first kappa shape index (κ1) is 14.3. The van der Waals surface area contributed by atoms with E-state index in [-0.39, 0.29) is 11.2 Å². The number of hydrogen-bond donors (Lipinski definition) is 0. The van der Waals surface area contributed by atoms with Crippen molar-refractivity contribution in [2.75, 3.05) is 0 Å². The normalized spacial score (nSPS) is 12.8. The van der Waals surface area contributed by atoms with Crippen molar-refractivity contribution in [3.8, 4) is 0 Å². The van der Waals surface area contributed by atoms with Crippen molar-refractivity contribution in [2.45, 2.75) is 26.3 Å². The summed E-state index contributed by atoms with van der Waals surface area (Å²) >= 11 is 0. The van der Waals surface area contributed by atoms with Gasteiger partial charge in [-0.15, -0.1) is 0 Å². The zero-order valence-corrected chi connectivity index (χ0v) is 14.3. The predicted octanol–water partition coefficient (Wildman–Crippen LogP) is 5.40. The van der Waals surface area contributed by atoms with E-state index in [1.807, 2.05) is 36.4 Å². The number of nitrogens with zero attached hydrogens (tertiary/aromatic N) is 1. The van der Waals surface area contributed by atoms with E-state index in [9.17, 15) is 4.79 Å². The number of aromatic nitrogens is 1. The van der Waals surface area contributed by atoms with E-state index >= 15 is 0 Å². The quantitative estimate of drug-likeness (QED) is 0.357. The lowest BCUT2D eigenvalue weighted by atomic mass is 10.1. The Kier molecular flexibility index (Phi) is 2.60. The van der Waals surface area contributed by atoms with E-state index in [4.69, 9.17) is 8.83 Å². The molecule has 0 saturated carbocycles. The van der Waals surface area contributed by atoms with Gasteiger partial charge >= 0.3 is 5.63 Å². The van der Waals surface area contributed by atoms with Crippen molar-refractivity contribution in [3.63, 3.8) is 0 Å². The molecule has 4 heteroatoms. The average Bonchev–Trinajstić information content (AvgIpc) is 3.09. The first-order valence-electron chi connectivity index (χ1n) is 8.35. The Balaban J connectivity index is 2.15. The lowest BCUT2D eigenvalue weighted by Gasteiger charge is -2.22. The van der Waals surface area contributed by atoms with Gasteiger partial charge in [-0.2, -0.15) is 0 Å². The van der Waals surface area contributed by atoms with Crippen LogP contribution in [-0.2, 0) is 5.54 Å². The molecule has 0 atom stereocenters. The van der Waals surface area contributed by atoms with Gasteiger partial charge in [0.25, 0.3) is 0 Å². The van der Waals surface area contributed by atoms with Gasteiger partial charge in [-0.05, 0) is 39.0 Å². The Morgan fingerprint density at radius 1 is 0.840 bits per heavy atom. The molecule has 2 aromatic carbocycles. The highest BCUT2D eigenvalue weighted by Gasteiger charge is 2.27. The van der Waals surface area contributed by atoms with Crippen LogP contribution >= 0.6 is 0 Å². The number of hydrogen-bond acceptors (Lipinski definition) is 3. The van der Waals surface area contributed by atoms with Crippen LogP contribution in [0.3, 0.4) is 0 Å². The molecule has 0 radical (unpaired) electrons. The van der Waals surface area contributed by atoms with E-state index in [1.54, 1.807) is 6.07 Å². The molecule has 0 aliphatic heterocycles. The molecule has 0 fully saturated rings. The molecule has 3 aromatic heterocycles. The Morgan fingerprint density at radius 3 is 2.28 bits per heavy atom. The van der Waals surface area contributed by atoms with Crippen molar-refractivity contribution in [2.24, 2.45) is 0 Å². The third-order valence-corrected chi connectivity index (χ3v) is 4.72. The molecule has 0 unspecified atom stereocenters. The number of benzene rings is 2. The molecule has 124 valence electrons. The highest BCUT2D eigenvalue weighted by molar-refractivity contribution is 6.22. The topological polar surface area (TPSA) is 48.3 Å². The third-order valence-electron chi connectivity index (χ3n) is 4.72. The summed E-state index contributed by atoms with van der Waals surface area (Å²) < 4.78 is 14.0. The fourth-order valence-electron chi connectivity index (χ4n) is 3.76. The van der Waals surface area contributed by atoms with Crippen LogP contribution in [0.15, 0.2) is 62.2 Å². The summed E-state index contributed by atoms with van der Waals surface area (Å²) in [5.74, 6) is 0. The van der Waals surface area contributed by atoms with E-state index in [2.05, 4.69) is 31.4 Å². The van der Waals surface area contributed by atoms with Gasteiger partial charge in [-0.25, -0.2) is 4.79 Å². The summed E-state index contributed by atoms with van der Waals surface area (Å²) in [6.45, 7) is 6.39. The molecule has 0 N–H and O–H groups in total. The maximum Gasteiger partial charge on any atom is 0.348 e. The summed E-state index contributed by atoms with van der Waals surface area (Å²) in [5.41, 5.74) is 2.36. The summed E-state index contributed by atoms with van der Waals surface area (Å²) in [4.78, 5) is 12.7. The lowest BCUT2D eigenvalue weighted by molar-refractivity contribution is 0.404. The molecule has 3 heterocycles. The molecule has 0 spiro atoms. The minimum atomic E-state index is -0.357. The van der Waals surface area contributed by atoms with E-state index in [0.717, 1.165) is 21.7 Å². The van der Waals surface area contributed by atoms with Crippen LogP contribution in [0.5, 0.6) is 0 Å². The second-order valence-corrected chi connectivity index (χ2v) is 7.40. The SMILES string of the molecule is CC(C)(C)n1c2ccccc2c2c3c(=O)oc4ccccc4c3oc21. The van der Waals surface area contributed by atoms with Crippen LogP contribution in [0, 0.1) is 0 Å². The monoisotopic (exact) mass is 331 g/mol. The Bertz CT molecular complexity index is 1340. The highest BCUT2D eigenvalue weighted by atomic mass is 16.4. The minimum absolute atomic E-state index is 0.189. The highest BCUT2D eigenvalue weighted by Crippen LogP contribution is 2.40. The van der Waals surface area contributed by atoms with Crippen LogP contribution in [0.2, 0.25) is 0 Å². The molecule has 0 aliphatic carbocycles. The van der Waals surface area contributed by atoms with Gasteiger partial charge < -0.3 is 13.4 Å². The minimum Gasteiger partial charge on any atom is -0.438 e. The zero-order valence-electron chi connectivity index (χ0n) is 14.3. The number of furan rings is 1. The molecule has 0 saturated heterocycles. The van der Waals surface area contributed by atoms with Crippen molar-refractivity contribution < 1.29 is 8.83 Å². The average molecular weight is 331 g/mol. The van der Waals surface area contributed by atoms with Gasteiger partial charge in [0, 0.05) is 10.9 Å². The predicted molar refractivity (Wildman–Crippen MR) is 100 cm³/mol. The van der Waals surface area contributed by atoms with Crippen molar-refractivity contribution >= 4 is 43.9 Å². The summed E-state index contributed by atoms with van der Waals surface area (Å²) in [6, 6.07) is 15.6. The van der Waals surface area contributed by atoms with Crippen molar-refractivity contribution in [1.82, 2.24) is 4.57 Å². The summed E-state index contributed by atoms with van der Waals surface area (Å²) in [6.07, 6.45) is 0. The first-order valence-corrected chi connectivity index (χ1v) is 8.35. The maximum atomic E-state index is 12.7. The Hall–Kier alpha value is -3.01. The fraction of sp³-hybridized carbons (Fsp3) is 0.190. The number of para-hydroxylation sites is 2. The summed E-state index contributed by atoms with van der Waals surface area (Å²) in [7, 11) is 0. The first-order chi connectivity index (χ1) is 12.0. The molecule has 0 aliphatic rings. The van der Waals surface area contributed by atoms with Crippen molar-refractivity contribution in [3.05, 3.63) is 59.0 Å². The van der Waals surface area contributed by atoms with Gasteiger partial charge in [0.05, 0.1) is 16.3 Å². The molecule has 5 rings (SSSR count). The van der Waals surface area contributed by atoms with Gasteiger partial charge in [0.2, 0.25) is 5.71 Å². The molecule has 4 nitrogen and oxygen atoms in total. The van der Waals surface area contributed by atoms with Crippen LogP contribution < -0.4 is 5.63 Å². The van der Waals surface area contributed by atoms with Gasteiger partial charge in [0.1, 0.15) is 11.0 Å². The van der Waals surface area contributed by atoms with Crippen molar-refractivity contribution in [1.29, 1.82) is 0 Å². The molecular formula is C21H17NO3. The van der Waals surface area contributed by atoms with E-state index in [0.29, 0.717) is 22.3 Å². The van der Waals surface area contributed by atoms with E-state index in [1.165, 1.54) is 0 Å². The van der Waals surface area contributed by atoms with Gasteiger partial charge in [0.15, 0.2) is 5.58 Å². The molecule has 5 aromatic rings. The maximum absolute atomic E-state index is 12.7. The Morgan fingerprint density at radius 2 is 1.52 bits per heavy atom. The smallest absolute Gasteiger partial charge is 0.348 e. The molecule has 25 heavy (non-hydrogen) atoms. The van der Waals surface area contributed by atoms with Crippen LogP contribution in [0.25, 0.3) is 43.9 Å². The van der Waals surface area contributed by atoms with Crippen LogP contribution in [0.1, 0.15) is 20.8 Å². The standard InChI is InChI=1S/C21H17NO3/c1-21(2,3)22-14-10-6-4-8-12(14)16-17-18(25-19(16)22)13-9-5-7-11-15(13)24-20(17)23/h4-11H,1-3H3. The van der Waals surface area contributed by atoms with Crippen LogP contribution in [0.4, 0.5) is 0 Å². The second-order valence-electron chi connectivity index (χ2n) is 7.40. The largest absolute Gasteiger partial charge is 0.438 e. The third kappa shape index (κ3) is 1.79. The fourth-order valence-corrected chi connectivity index (χ4v) is 3.76. The second kappa shape index (κ2) is 4.54. The lowest BCUT2D eigenvalue weighted by Crippen LogP contribution is -2.20. The zero-order chi connectivity index (χ0) is 17.3.